The molecule has 0 bridgehead atoms. The highest BCUT2D eigenvalue weighted by molar-refractivity contribution is 5.40. The lowest BCUT2D eigenvalue weighted by atomic mass is 10.3. The molecule has 2 rings (SSSR count). The monoisotopic (exact) mass is 235 g/mol. The molecule has 0 aliphatic heterocycles. The van der Waals surface area contributed by atoms with Gasteiger partial charge in [-0.3, -0.25) is 0 Å². The Hall–Kier alpha value is -1.86. The van der Waals surface area contributed by atoms with Gasteiger partial charge in [0.05, 0.1) is 0 Å². The van der Waals surface area contributed by atoms with Gasteiger partial charge in [0.1, 0.15) is 6.10 Å². The van der Waals surface area contributed by atoms with Crippen molar-refractivity contribution in [2.75, 3.05) is 13.7 Å². The Kier molecular flexibility index (Phi) is 3.40. The summed E-state index contributed by atoms with van der Waals surface area (Å²) in [5, 5.41) is 3.79. The zero-order chi connectivity index (χ0) is 12.3. The number of nitrogens with two attached hydrogens (primary N) is 1. The number of ether oxygens (including phenoxy) is 1. The second-order valence-electron chi connectivity index (χ2n) is 3.50. The quantitative estimate of drug-likeness (QED) is 0.822. The number of aryl methyl sites for hydroxylation is 1. The molecule has 0 spiro atoms. The number of hydrogen-bond donors (Lipinski definition) is 1. The third kappa shape index (κ3) is 2.45. The molecule has 1 atom stereocenters. The van der Waals surface area contributed by atoms with E-state index >= 15 is 0 Å². The zero-order valence-corrected chi connectivity index (χ0v) is 9.62. The van der Waals surface area contributed by atoms with Crippen LogP contribution in [0.2, 0.25) is 0 Å². The third-order valence-corrected chi connectivity index (χ3v) is 2.20. The highest BCUT2D eigenvalue weighted by Gasteiger charge is 2.18. The molecule has 1 unspecified atom stereocenters. The number of nitrogens with zero attached hydrogens (tertiary/aromatic N) is 4. The van der Waals surface area contributed by atoms with Gasteiger partial charge < -0.3 is 15.0 Å². The van der Waals surface area contributed by atoms with Crippen molar-refractivity contribution in [3.8, 4) is 11.6 Å². The Morgan fingerprint density at radius 1 is 1.35 bits per heavy atom. The second kappa shape index (κ2) is 4.98. The van der Waals surface area contributed by atoms with E-state index in [1.54, 1.807) is 12.4 Å². The van der Waals surface area contributed by atoms with Crippen molar-refractivity contribution in [1.82, 2.24) is 20.1 Å². The molecule has 90 valence electrons. The Morgan fingerprint density at radius 2 is 2.06 bits per heavy atom. The summed E-state index contributed by atoms with van der Waals surface area (Å²) in [4.78, 5) is 12.4. The van der Waals surface area contributed by atoms with Crippen molar-refractivity contribution in [1.29, 1.82) is 0 Å². The van der Waals surface area contributed by atoms with Crippen LogP contribution < -0.4 is 5.73 Å². The first-order valence-corrected chi connectivity index (χ1v) is 5.10. The smallest absolute Gasteiger partial charge is 0.257 e. The average Bonchev–Trinajstić information content (AvgIpc) is 2.81. The fourth-order valence-electron chi connectivity index (χ4n) is 1.26. The van der Waals surface area contributed by atoms with E-state index in [0.29, 0.717) is 17.5 Å². The summed E-state index contributed by atoms with van der Waals surface area (Å²) >= 11 is 0. The molecule has 0 saturated carbocycles. The van der Waals surface area contributed by atoms with Gasteiger partial charge in [-0.2, -0.15) is 4.98 Å². The first kappa shape index (κ1) is 11.6. The second-order valence-corrected chi connectivity index (χ2v) is 3.50. The van der Waals surface area contributed by atoms with Crippen LogP contribution in [0.15, 0.2) is 16.9 Å². The molecular weight excluding hydrogens is 222 g/mol. The van der Waals surface area contributed by atoms with E-state index in [1.165, 1.54) is 7.11 Å². The van der Waals surface area contributed by atoms with E-state index < -0.39 is 6.10 Å². The lowest BCUT2D eigenvalue weighted by molar-refractivity contribution is 0.0804. The predicted octanol–water partition coefficient (Wildman–Crippen LogP) is 0.481. The van der Waals surface area contributed by atoms with Gasteiger partial charge in [-0.05, 0) is 12.5 Å². The maximum absolute atomic E-state index is 5.50. The van der Waals surface area contributed by atoms with E-state index in [0.717, 1.165) is 5.56 Å². The van der Waals surface area contributed by atoms with Crippen LogP contribution in [0.3, 0.4) is 0 Å². The van der Waals surface area contributed by atoms with Gasteiger partial charge in [0.15, 0.2) is 0 Å². The Balaban J connectivity index is 2.26. The minimum absolute atomic E-state index is 0.271. The van der Waals surface area contributed by atoms with Crippen LogP contribution in [0.5, 0.6) is 0 Å². The van der Waals surface area contributed by atoms with Crippen LogP contribution in [0.4, 0.5) is 0 Å². The number of aromatic nitrogens is 4. The molecule has 0 aromatic carbocycles. The topological polar surface area (TPSA) is 100.0 Å². The van der Waals surface area contributed by atoms with E-state index in [1.807, 2.05) is 6.92 Å². The molecule has 0 fully saturated rings. The summed E-state index contributed by atoms with van der Waals surface area (Å²) in [6.07, 6.45) is 2.98. The first-order valence-electron chi connectivity index (χ1n) is 5.10. The lowest BCUT2D eigenvalue weighted by Gasteiger charge is -2.05. The molecule has 0 aliphatic carbocycles. The summed E-state index contributed by atoms with van der Waals surface area (Å²) in [7, 11) is 1.53. The largest absolute Gasteiger partial charge is 0.370 e. The molecule has 0 aliphatic rings. The van der Waals surface area contributed by atoms with E-state index in [-0.39, 0.29) is 6.54 Å². The Bertz CT molecular complexity index is 478. The minimum Gasteiger partial charge on any atom is -0.370 e. The van der Waals surface area contributed by atoms with Gasteiger partial charge >= 0.3 is 0 Å². The number of methoxy groups -OCH3 is 1. The van der Waals surface area contributed by atoms with Crippen LogP contribution in [0, 0.1) is 6.92 Å². The summed E-state index contributed by atoms with van der Waals surface area (Å²) in [5.74, 6) is 1.07. The van der Waals surface area contributed by atoms with Crippen LogP contribution in [0.25, 0.3) is 11.6 Å². The van der Waals surface area contributed by atoms with Gasteiger partial charge in [-0.15, -0.1) is 0 Å². The predicted molar refractivity (Wildman–Crippen MR) is 58.9 cm³/mol. The summed E-state index contributed by atoms with van der Waals surface area (Å²) in [6.45, 7) is 2.17. The van der Waals surface area contributed by atoms with Crippen molar-refractivity contribution in [2.45, 2.75) is 13.0 Å². The maximum Gasteiger partial charge on any atom is 0.257 e. The van der Waals surface area contributed by atoms with Crippen LogP contribution in [0.1, 0.15) is 17.6 Å². The SMILES string of the molecule is COC(CN)c1nc(-c2ncc(C)cn2)no1. The maximum atomic E-state index is 5.50. The van der Waals surface area contributed by atoms with Crippen LogP contribution >= 0.6 is 0 Å². The molecule has 2 N–H and O–H groups in total. The third-order valence-electron chi connectivity index (χ3n) is 2.20. The zero-order valence-electron chi connectivity index (χ0n) is 9.62. The summed E-state index contributed by atoms with van der Waals surface area (Å²) in [6, 6.07) is 0. The fourth-order valence-corrected chi connectivity index (χ4v) is 1.26. The molecule has 2 heterocycles. The van der Waals surface area contributed by atoms with E-state index in [2.05, 4.69) is 20.1 Å². The van der Waals surface area contributed by atoms with Crippen molar-refractivity contribution in [3.63, 3.8) is 0 Å². The Morgan fingerprint density at radius 3 is 2.65 bits per heavy atom. The van der Waals surface area contributed by atoms with Crippen molar-refractivity contribution in [2.24, 2.45) is 5.73 Å². The molecule has 0 saturated heterocycles. The molecule has 7 nitrogen and oxygen atoms in total. The molecular formula is C10H13N5O2. The van der Waals surface area contributed by atoms with Gasteiger partial charge in [0.25, 0.3) is 5.89 Å². The van der Waals surface area contributed by atoms with Crippen LogP contribution in [-0.4, -0.2) is 33.8 Å². The highest BCUT2D eigenvalue weighted by atomic mass is 16.5. The standard InChI is InChI=1S/C10H13N5O2/c1-6-4-12-8(13-5-6)9-14-10(17-15-9)7(3-11)16-2/h4-5,7H,3,11H2,1-2H3. The molecule has 2 aromatic heterocycles. The molecule has 7 heteroatoms. The van der Waals surface area contributed by atoms with E-state index in [9.17, 15) is 0 Å². The average molecular weight is 235 g/mol. The summed E-state index contributed by atoms with van der Waals surface area (Å²) in [5.41, 5.74) is 6.47. The van der Waals surface area contributed by atoms with Crippen LogP contribution in [-0.2, 0) is 4.74 Å². The first-order chi connectivity index (χ1) is 8.24. The number of hydrogen-bond acceptors (Lipinski definition) is 7. The molecule has 17 heavy (non-hydrogen) atoms. The fraction of sp³-hybridized carbons (Fsp3) is 0.400. The normalized spacial score (nSPS) is 12.6. The number of rotatable bonds is 4. The molecule has 0 radical (unpaired) electrons. The highest BCUT2D eigenvalue weighted by Crippen LogP contribution is 2.16. The minimum atomic E-state index is -0.401. The van der Waals surface area contributed by atoms with Crippen molar-refractivity contribution >= 4 is 0 Å². The molecule has 0 amide bonds. The van der Waals surface area contributed by atoms with Gasteiger partial charge in [0, 0.05) is 26.0 Å². The van der Waals surface area contributed by atoms with Crippen molar-refractivity contribution < 1.29 is 9.26 Å². The Labute approximate surface area is 98.0 Å². The van der Waals surface area contributed by atoms with Gasteiger partial charge in [-0.25, -0.2) is 9.97 Å². The van der Waals surface area contributed by atoms with E-state index in [4.69, 9.17) is 15.0 Å². The lowest BCUT2D eigenvalue weighted by Crippen LogP contribution is -2.14. The van der Waals surface area contributed by atoms with Gasteiger partial charge in [-0.1, -0.05) is 5.16 Å². The van der Waals surface area contributed by atoms with Gasteiger partial charge in [0.2, 0.25) is 11.6 Å². The summed E-state index contributed by atoms with van der Waals surface area (Å²) < 4.78 is 10.1. The van der Waals surface area contributed by atoms with Crippen molar-refractivity contribution in [3.05, 3.63) is 23.8 Å². The molecule has 2 aromatic rings.